The summed E-state index contributed by atoms with van der Waals surface area (Å²) in [6.45, 7) is 0. The van der Waals surface area contributed by atoms with E-state index in [2.05, 4.69) is 21.2 Å². The van der Waals surface area contributed by atoms with E-state index >= 15 is 0 Å². The maximum atomic E-state index is 13.7. The minimum atomic E-state index is -0.688. The number of hydrogen-bond donors (Lipinski definition) is 1. The second-order valence-electron chi connectivity index (χ2n) is 4.29. The van der Waals surface area contributed by atoms with E-state index in [-0.39, 0.29) is 10.5 Å². The van der Waals surface area contributed by atoms with Gasteiger partial charge in [-0.15, -0.1) is 0 Å². The lowest BCUT2D eigenvalue weighted by atomic mass is 10.1. The zero-order valence-corrected chi connectivity index (χ0v) is 12.6. The van der Waals surface area contributed by atoms with Gasteiger partial charge in [0.05, 0.1) is 11.3 Å². The highest BCUT2D eigenvalue weighted by molar-refractivity contribution is 9.10. The molecule has 2 aromatic rings. The molecule has 0 bridgehead atoms. The molecule has 1 heterocycles. The van der Waals surface area contributed by atoms with Gasteiger partial charge in [0.15, 0.2) is 0 Å². The third-order valence-electron chi connectivity index (χ3n) is 2.88. The van der Waals surface area contributed by atoms with Gasteiger partial charge in [0, 0.05) is 20.3 Å². The first-order valence-electron chi connectivity index (χ1n) is 5.78. The summed E-state index contributed by atoms with van der Waals surface area (Å²) in [6.07, 6.45) is 0. The molecule has 21 heavy (non-hydrogen) atoms. The molecule has 0 saturated heterocycles. The van der Waals surface area contributed by atoms with Gasteiger partial charge in [-0.05, 0) is 40.2 Å². The van der Waals surface area contributed by atoms with Crippen LogP contribution in [0.25, 0.3) is 0 Å². The average Bonchev–Trinajstić information content (AvgIpc) is 2.69. The Balaban J connectivity index is 1.99. The van der Waals surface area contributed by atoms with Crippen LogP contribution in [0.2, 0.25) is 0 Å². The largest absolute Gasteiger partial charge is 0.318 e. The maximum Gasteiger partial charge on any atom is 0.296 e. The molecular formula is C14H6BrF2NO2S. The fourth-order valence-corrected chi connectivity index (χ4v) is 3.35. The number of amides is 1. The Labute approximate surface area is 130 Å². The van der Waals surface area contributed by atoms with Crippen molar-refractivity contribution in [3.05, 3.63) is 52.0 Å². The highest BCUT2D eigenvalue weighted by Crippen LogP contribution is 2.39. The standard InChI is InChI=1S/C14H6BrF2NO2S/c15-8-4-7-10(18-14(20)13(7)19)5-12(8)21-11-2-1-6(16)3-9(11)17/h1-5H,(H,18,19,20). The number of hydrogen-bond acceptors (Lipinski definition) is 3. The summed E-state index contributed by atoms with van der Waals surface area (Å²) >= 11 is 4.35. The van der Waals surface area contributed by atoms with Crippen LogP contribution in [-0.4, -0.2) is 11.7 Å². The van der Waals surface area contributed by atoms with E-state index in [1.165, 1.54) is 12.1 Å². The topological polar surface area (TPSA) is 46.2 Å². The van der Waals surface area contributed by atoms with Crippen LogP contribution in [0.15, 0.2) is 44.6 Å². The van der Waals surface area contributed by atoms with Crippen LogP contribution in [0.4, 0.5) is 14.5 Å². The first-order chi connectivity index (χ1) is 9.95. The monoisotopic (exact) mass is 369 g/mol. The van der Waals surface area contributed by atoms with Gasteiger partial charge in [0.2, 0.25) is 0 Å². The molecule has 3 nitrogen and oxygen atoms in total. The molecule has 0 atom stereocenters. The number of rotatable bonds is 2. The van der Waals surface area contributed by atoms with Gasteiger partial charge in [-0.3, -0.25) is 9.59 Å². The molecule has 1 N–H and O–H groups in total. The van der Waals surface area contributed by atoms with Gasteiger partial charge < -0.3 is 5.32 Å². The van der Waals surface area contributed by atoms with E-state index in [0.717, 1.165) is 23.9 Å². The van der Waals surface area contributed by atoms with Gasteiger partial charge in [-0.1, -0.05) is 11.8 Å². The predicted molar refractivity (Wildman–Crippen MR) is 77.6 cm³/mol. The molecule has 0 radical (unpaired) electrons. The summed E-state index contributed by atoms with van der Waals surface area (Å²) in [4.78, 5) is 23.7. The van der Waals surface area contributed by atoms with Crippen molar-refractivity contribution in [2.24, 2.45) is 0 Å². The van der Waals surface area contributed by atoms with Gasteiger partial charge in [0.25, 0.3) is 11.7 Å². The number of nitrogens with one attached hydrogen (secondary N) is 1. The number of fused-ring (bicyclic) bond motifs is 1. The molecule has 0 spiro atoms. The van der Waals surface area contributed by atoms with Crippen LogP contribution in [0.1, 0.15) is 10.4 Å². The van der Waals surface area contributed by atoms with E-state index in [1.54, 1.807) is 6.07 Å². The van der Waals surface area contributed by atoms with Crippen molar-refractivity contribution in [2.45, 2.75) is 9.79 Å². The number of carbonyl (C=O) groups is 2. The minimum Gasteiger partial charge on any atom is -0.318 e. The lowest BCUT2D eigenvalue weighted by Gasteiger charge is -2.08. The van der Waals surface area contributed by atoms with Crippen molar-refractivity contribution in [3.8, 4) is 0 Å². The smallest absolute Gasteiger partial charge is 0.296 e. The highest BCUT2D eigenvalue weighted by atomic mass is 79.9. The summed E-state index contributed by atoms with van der Waals surface area (Å²) in [5.74, 6) is -2.61. The predicted octanol–water partition coefficient (Wildman–Crippen LogP) is 4.01. The highest BCUT2D eigenvalue weighted by Gasteiger charge is 2.29. The quantitative estimate of drug-likeness (QED) is 0.813. The fraction of sp³-hybridized carbons (Fsp3) is 0. The lowest BCUT2D eigenvalue weighted by Crippen LogP contribution is -2.12. The van der Waals surface area contributed by atoms with Crippen molar-refractivity contribution in [2.75, 3.05) is 5.32 Å². The van der Waals surface area contributed by atoms with Crippen molar-refractivity contribution in [1.29, 1.82) is 0 Å². The molecular weight excluding hydrogens is 364 g/mol. The molecule has 0 aromatic heterocycles. The number of ketones is 1. The minimum absolute atomic E-state index is 0.243. The summed E-state index contributed by atoms with van der Waals surface area (Å²) in [6, 6.07) is 6.39. The first-order valence-corrected chi connectivity index (χ1v) is 7.39. The number of carbonyl (C=O) groups excluding carboxylic acids is 2. The number of Topliss-reactive ketones (excluding diaryl/α,β-unsaturated/α-hetero) is 1. The molecule has 1 aliphatic rings. The van der Waals surface area contributed by atoms with E-state index in [0.29, 0.717) is 15.1 Å². The molecule has 1 aliphatic heterocycles. The Hall–Kier alpha value is -1.73. The third kappa shape index (κ3) is 2.58. The van der Waals surface area contributed by atoms with Crippen LogP contribution in [-0.2, 0) is 4.79 Å². The van der Waals surface area contributed by atoms with Crippen molar-refractivity contribution in [3.63, 3.8) is 0 Å². The van der Waals surface area contributed by atoms with Crippen LogP contribution >= 0.6 is 27.7 Å². The van der Waals surface area contributed by atoms with E-state index in [9.17, 15) is 18.4 Å². The van der Waals surface area contributed by atoms with Crippen molar-refractivity contribution >= 4 is 45.1 Å². The average molecular weight is 370 g/mol. The molecule has 7 heteroatoms. The Morgan fingerprint density at radius 1 is 1.05 bits per heavy atom. The van der Waals surface area contributed by atoms with Gasteiger partial charge in [-0.2, -0.15) is 0 Å². The van der Waals surface area contributed by atoms with Gasteiger partial charge in [-0.25, -0.2) is 8.78 Å². The van der Waals surface area contributed by atoms with E-state index in [4.69, 9.17) is 0 Å². The maximum absolute atomic E-state index is 13.7. The third-order valence-corrected chi connectivity index (χ3v) is 4.91. The van der Waals surface area contributed by atoms with Crippen LogP contribution in [0, 0.1) is 11.6 Å². The molecule has 0 saturated carbocycles. The second kappa shape index (κ2) is 5.23. The molecule has 0 unspecified atom stereocenters. The molecule has 3 rings (SSSR count). The normalized spacial score (nSPS) is 13.3. The lowest BCUT2D eigenvalue weighted by molar-refractivity contribution is -0.112. The second-order valence-corrected chi connectivity index (χ2v) is 6.23. The van der Waals surface area contributed by atoms with Crippen molar-refractivity contribution in [1.82, 2.24) is 0 Å². The summed E-state index contributed by atoms with van der Waals surface area (Å²) in [5, 5.41) is 2.45. The first kappa shape index (κ1) is 14.2. The van der Waals surface area contributed by atoms with E-state index in [1.807, 2.05) is 0 Å². The van der Waals surface area contributed by atoms with Crippen LogP contribution in [0.5, 0.6) is 0 Å². The van der Waals surface area contributed by atoms with Crippen LogP contribution in [0.3, 0.4) is 0 Å². The fourth-order valence-electron chi connectivity index (χ4n) is 1.90. The Morgan fingerprint density at radius 3 is 2.52 bits per heavy atom. The van der Waals surface area contributed by atoms with Crippen LogP contribution < -0.4 is 5.32 Å². The molecule has 106 valence electrons. The number of benzene rings is 2. The number of halogens is 3. The SMILES string of the molecule is O=C1Nc2cc(Sc3ccc(F)cc3F)c(Br)cc2C1=O. The van der Waals surface area contributed by atoms with Gasteiger partial charge in [0.1, 0.15) is 11.6 Å². The van der Waals surface area contributed by atoms with Gasteiger partial charge >= 0.3 is 0 Å². The Kier molecular flexibility index (Phi) is 3.54. The zero-order chi connectivity index (χ0) is 15.1. The molecule has 2 aromatic carbocycles. The molecule has 1 amide bonds. The van der Waals surface area contributed by atoms with Crippen molar-refractivity contribution < 1.29 is 18.4 Å². The summed E-state index contributed by atoms with van der Waals surface area (Å²) in [7, 11) is 0. The van der Waals surface area contributed by atoms with E-state index < -0.39 is 23.3 Å². The summed E-state index contributed by atoms with van der Waals surface area (Å²) < 4.78 is 27.1. The Bertz CT molecular complexity index is 795. The number of anilines is 1. The summed E-state index contributed by atoms with van der Waals surface area (Å²) in [5.41, 5.74) is 0.661. The molecule has 0 aliphatic carbocycles. The zero-order valence-electron chi connectivity index (χ0n) is 10.2. The Morgan fingerprint density at radius 2 is 1.81 bits per heavy atom. The molecule has 0 fully saturated rings.